The van der Waals surface area contributed by atoms with Gasteiger partial charge in [-0.05, 0) is 37.6 Å². The molecular weight excluding hydrogens is 324 g/mol. The second-order valence-corrected chi connectivity index (χ2v) is 6.33. The van der Waals surface area contributed by atoms with Crippen LogP contribution in [0.25, 0.3) is 10.8 Å². The number of amides is 1. The van der Waals surface area contributed by atoms with Crippen LogP contribution in [0, 0.1) is 0 Å². The number of anilines is 1. The van der Waals surface area contributed by atoms with Crippen LogP contribution in [0.5, 0.6) is 5.75 Å². The van der Waals surface area contributed by atoms with Gasteiger partial charge in [0.2, 0.25) is 5.91 Å². The van der Waals surface area contributed by atoms with Gasteiger partial charge in [-0.15, -0.1) is 0 Å². The van der Waals surface area contributed by atoms with Crippen LogP contribution in [0.4, 0.5) is 5.69 Å². The quantitative estimate of drug-likeness (QED) is 0.696. The second-order valence-electron chi connectivity index (χ2n) is 6.33. The Labute approximate surface area is 154 Å². The summed E-state index contributed by atoms with van der Waals surface area (Å²) in [5.41, 5.74) is 0.842. The van der Waals surface area contributed by atoms with Crippen molar-refractivity contribution in [3.05, 3.63) is 72.8 Å². The molecule has 134 valence electrons. The summed E-state index contributed by atoms with van der Waals surface area (Å²) < 4.78 is 5.71. The van der Waals surface area contributed by atoms with Crippen LogP contribution in [-0.2, 0) is 4.79 Å². The summed E-state index contributed by atoms with van der Waals surface area (Å²) in [5, 5.41) is 5.21. The Hall–Kier alpha value is -2.85. The van der Waals surface area contributed by atoms with Crippen molar-refractivity contribution in [2.45, 2.75) is 13.0 Å². The summed E-state index contributed by atoms with van der Waals surface area (Å²) in [7, 11) is 1.93. The molecular formula is C22H24N2O2. The third-order valence-electron chi connectivity index (χ3n) is 4.54. The van der Waals surface area contributed by atoms with Gasteiger partial charge in [-0.1, -0.05) is 54.6 Å². The predicted molar refractivity (Wildman–Crippen MR) is 107 cm³/mol. The number of nitrogens with one attached hydrogen (secondary N) is 1. The summed E-state index contributed by atoms with van der Waals surface area (Å²) in [6.45, 7) is 3.11. The average molecular weight is 348 g/mol. The zero-order chi connectivity index (χ0) is 18.4. The van der Waals surface area contributed by atoms with E-state index in [9.17, 15) is 4.79 Å². The minimum absolute atomic E-state index is 0.0245. The molecule has 0 fully saturated rings. The Balaban J connectivity index is 1.56. The number of hydrogen-bond acceptors (Lipinski definition) is 3. The van der Waals surface area contributed by atoms with Crippen molar-refractivity contribution in [2.24, 2.45) is 0 Å². The van der Waals surface area contributed by atoms with Crippen LogP contribution in [0.1, 0.15) is 6.92 Å². The lowest BCUT2D eigenvalue weighted by Crippen LogP contribution is -2.41. The van der Waals surface area contributed by atoms with Crippen molar-refractivity contribution in [1.82, 2.24) is 4.90 Å². The minimum Gasteiger partial charge on any atom is -0.492 e. The van der Waals surface area contributed by atoms with Crippen molar-refractivity contribution >= 4 is 22.4 Å². The van der Waals surface area contributed by atoms with Crippen molar-refractivity contribution in [1.29, 1.82) is 0 Å². The van der Waals surface area contributed by atoms with E-state index in [0.29, 0.717) is 13.2 Å². The molecule has 1 atom stereocenters. The first-order valence-electron chi connectivity index (χ1n) is 8.82. The molecule has 1 N–H and O–H groups in total. The summed E-state index contributed by atoms with van der Waals surface area (Å²) in [6, 6.07) is 23.4. The van der Waals surface area contributed by atoms with Gasteiger partial charge in [-0.25, -0.2) is 0 Å². The molecule has 0 radical (unpaired) electrons. The Bertz CT molecular complexity index is 859. The van der Waals surface area contributed by atoms with Gasteiger partial charge in [0, 0.05) is 17.6 Å². The molecule has 0 spiro atoms. The van der Waals surface area contributed by atoms with E-state index in [4.69, 9.17) is 4.74 Å². The maximum absolute atomic E-state index is 12.6. The van der Waals surface area contributed by atoms with Gasteiger partial charge in [-0.2, -0.15) is 0 Å². The molecule has 1 amide bonds. The first-order chi connectivity index (χ1) is 12.6. The highest BCUT2D eigenvalue weighted by Crippen LogP contribution is 2.23. The Morgan fingerprint density at radius 3 is 2.50 bits per heavy atom. The van der Waals surface area contributed by atoms with E-state index in [1.807, 2.05) is 91.7 Å². The van der Waals surface area contributed by atoms with Gasteiger partial charge in [0.15, 0.2) is 0 Å². The molecule has 0 heterocycles. The van der Waals surface area contributed by atoms with Crippen molar-refractivity contribution in [3.63, 3.8) is 0 Å². The van der Waals surface area contributed by atoms with Crippen LogP contribution in [0.2, 0.25) is 0 Å². The number of para-hydroxylation sites is 1. The maximum atomic E-state index is 12.6. The Morgan fingerprint density at radius 2 is 1.69 bits per heavy atom. The van der Waals surface area contributed by atoms with Crippen molar-refractivity contribution in [2.75, 3.05) is 25.5 Å². The van der Waals surface area contributed by atoms with Crippen molar-refractivity contribution in [3.8, 4) is 5.75 Å². The molecule has 0 aliphatic heterocycles. The van der Waals surface area contributed by atoms with Crippen LogP contribution < -0.4 is 10.1 Å². The average Bonchev–Trinajstić information content (AvgIpc) is 2.68. The van der Waals surface area contributed by atoms with Gasteiger partial charge in [0.25, 0.3) is 0 Å². The highest BCUT2D eigenvalue weighted by Gasteiger charge is 2.18. The van der Waals surface area contributed by atoms with E-state index in [0.717, 1.165) is 22.2 Å². The second kappa shape index (κ2) is 8.50. The molecule has 26 heavy (non-hydrogen) atoms. The topological polar surface area (TPSA) is 41.6 Å². The van der Waals surface area contributed by atoms with E-state index in [2.05, 4.69) is 5.32 Å². The molecule has 3 aromatic rings. The number of hydrogen-bond donors (Lipinski definition) is 1. The van der Waals surface area contributed by atoms with Gasteiger partial charge >= 0.3 is 0 Å². The molecule has 0 unspecified atom stereocenters. The zero-order valence-electron chi connectivity index (χ0n) is 15.2. The Kier molecular flexibility index (Phi) is 5.87. The molecule has 4 nitrogen and oxygen atoms in total. The molecule has 4 heteroatoms. The van der Waals surface area contributed by atoms with Gasteiger partial charge in [0.1, 0.15) is 12.4 Å². The summed E-state index contributed by atoms with van der Waals surface area (Å²) in [5.74, 6) is 0.817. The van der Waals surface area contributed by atoms with Crippen LogP contribution in [0.15, 0.2) is 72.8 Å². The summed E-state index contributed by atoms with van der Waals surface area (Å²) in [4.78, 5) is 14.6. The standard InChI is InChI=1S/C22H24N2O2/c1-17(24(2)15-16-26-19-11-4-3-5-12-19)22(25)23-21-14-8-10-18-9-6-7-13-20(18)21/h3-14,17H,15-16H2,1-2H3,(H,23,25)/t17-/m0/s1. The number of carbonyl (C=O) groups excluding carboxylic acids is 1. The highest BCUT2D eigenvalue weighted by molar-refractivity contribution is 6.03. The number of likely N-dealkylation sites (N-methyl/N-ethyl adjacent to an activating group) is 1. The normalized spacial score (nSPS) is 12.1. The molecule has 0 aliphatic rings. The highest BCUT2D eigenvalue weighted by atomic mass is 16.5. The smallest absolute Gasteiger partial charge is 0.241 e. The first-order valence-corrected chi connectivity index (χ1v) is 8.82. The fourth-order valence-corrected chi connectivity index (χ4v) is 2.79. The van der Waals surface area contributed by atoms with Gasteiger partial charge < -0.3 is 10.1 Å². The number of fused-ring (bicyclic) bond motifs is 1. The number of carbonyl (C=O) groups is 1. The lowest BCUT2D eigenvalue weighted by atomic mass is 10.1. The molecule has 0 aliphatic carbocycles. The fraction of sp³-hybridized carbons (Fsp3) is 0.227. The van der Waals surface area contributed by atoms with Gasteiger partial charge in [0.05, 0.1) is 6.04 Å². The molecule has 0 bridgehead atoms. The fourth-order valence-electron chi connectivity index (χ4n) is 2.79. The SMILES string of the molecule is C[C@@H](C(=O)Nc1cccc2ccccc12)N(C)CCOc1ccccc1. The van der Waals surface area contributed by atoms with Crippen molar-refractivity contribution < 1.29 is 9.53 Å². The minimum atomic E-state index is -0.256. The monoisotopic (exact) mass is 348 g/mol. The van der Waals surface area contributed by atoms with E-state index < -0.39 is 0 Å². The maximum Gasteiger partial charge on any atom is 0.241 e. The Morgan fingerprint density at radius 1 is 1.00 bits per heavy atom. The lowest BCUT2D eigenvalue weighted by Gasteiger charge is -2.24. The molecule has 3 rings (SSSR count). The third kappa shape index (κ3) is 4.41. The molecule has 0 aromatic heterocycles. The number of ether oxygens (including phenoxy) is 1. The van der Waals surface area contributed by atoms with E-state index in [1.165, 1.54) is 0 Å². The first kappa shape index (κ1) is 18.0. The van der Waals surface area contributed by atoms with Crippen LogP contribution in [0.3, 0.4) is 0 Å². The third-order valence-corrected chi connectivity index (χ3v) is 4.54. The van der Waals surface area contributed by atoms with Gasteiger partial charge in [-0.3, -0.25) is 9.69 Å². The number of nitrogens with zero attached hydrogens (tertiary/aromatic N) is 1. The number of rotatable bonds is 7. The largest absolute Gasteiger partial charge is 0.492 e. The predicted octanol–water partition coefficient (Wildman–Crippen LogP) is 4.18. The van der Waals surface area contributed by atoms with Crippen LogP contribution in [-0.4, -0.2) is 37.0 Å². The van der Waals surface area contributed by atoms with E-state index >= 15 is 0 Å². The van der Waals surface area contributed by atoms with E-state index in [-0.39, 0.29) is 11.9 Å². The zero-order valence-corrected chi connectivity index (χ0v) is 15.2. The summed E-state index contributed by atoms with van der Waals surface area (Å²) >= 11 is 0. The van der Waals surface area contributed by atoms with Crippen LogP contribution >= 0.6 is 0 Å². The summed E-state index contributed by atoms with van der Waals surface area (Å²) in [6.07, 6.45) is 0. The lowest BCUT2D eigenvalue weighted by molar-refractivity contribution is -0.120. The molecule has 0 saturated heterocycles. The van der Waals surface area contributed by atoms with E-state index in [1.54, 1.807) is 0 Å². The molecule has 0 saturated carbocycles. The molecule has 3 aromatic carbocycles. The number of benzene rings is 3.